The average molecular weight is 534 g/mol. The summed E-state index contributed by atoms with van der Waals surface area (Å²) in [5, 5.41) is 3.33. The summed E-state index contributed by atoms with van der Waals surface area (Å²) in [6, 6.07) is 17.1. The molecule has 1 amide bonds. The van der Waals surface area contributed by atoms with Gasteiger partial charge in [-0.3, -0.25) is 14.4 Å². The zero-order valence-corrected chi connectivity index (χ0v) is 22.8. The molecule has 0 saturated carbocycles. The number of aromatic nitrogens is 2. The molecule has 1 N–H and O–H groups in total. The fraction of sp³-hybridized carbons (Fsp3) is 0.276. The van der Waals surface area contributed by atoms with E-state index < -0.39 is 9.84 Å². The molecule has 2 heterocycles. The van der Waals surface area contributed by atoms with Gasteiger partial charge in [0.2, 0.25) is 0 Å². The van der Waals surface area contributed by atoms with Crippen LogP contribution in [-0.4, -0.2) is 35.5 Å². The Morgan fingerprint density at radius 2 is 1.61 bits per heavy atom. The van der Waals surface area contributed by atoms with Crippen LogP contribution in [0.1, 0.15) is 51.5 Å². The normalized spacial score (nSPS) is 11.6. The molecule has 0 atom stereocenters. The number of hydrogen-bond donors (Lipinski definition) is 1. The van der Waals surface area contributed by atoms with Crippen molar-refractivity contribution in [1.29, 1.82) is 0 Å². The standard InChI is InChI=1S/C29H31N3O5S/c1-5-21-16-24-26(29(35)32(21)18-25(33)20-10-8-7-9-11-20)23(6-2)27(31(24)3)28(34)30-17-19-12-14-22(15-13-19)38(4,36)37/h7-16H,5-6,17-18H2,1-4H3,(H,30,34). The molecule has 0 aliphatic rings. The molecule has 0 bridgehead atoms. The van der Waals surface area contributed by atoms with Crippen molar-refractivity contribution in [3.63, 3.8) is 0 Å². The summed E-state index contributed by atoms with van der Waals surface area (Å²) in [5.74, 6) is -0.493. The number of nitrogens with one attached hydrogen (secondary N) is 1. The van der Waals surface area contributed by atoms with Crippen molar-refractivity contribution >= 4 is 32.4 Å². The van der Waals surface area contributed by atoms with Gasteiger partial charge < -0.3 is 14.5 Å². The van der Waals surface area contributed by atoms with E-state index in [1.54, 1.807) is 48.0 Å². The molecule has 4 aromatic rings. The molecule has 2 aromatic heterocycles. The summed E-state index contributed by atoms with van der Waals surface area (Å²) in [5.41, 5.74) is 3.38. The fourth-order valence-corrected chi connectivity index (χ4v) is 5.38. The first kappa shape index (κ1) is 27.1. The lowest BCUT2D eigenvalue weighted by Crippen LogP contribution is -2.27. The second-order valence-corrected chi connectivity index (χ2v) is 11.3. The molecule has 38 heavy (non-hydrogen) atoms. The van der Waals surface area contributed by atoms with E-state index in [0.29, 0.717) is 46.3 Å². The average Bonchev–Trinajstić information content (AvgIpc) is 3.20. The highest BCUT2D eigenvalue weighted by atomic mass is 32.2. The predicted molar refractivity (Wildman–Crippen MR) is 147 cm³/mol. The third-order valence-corrected chi connectivity index (χ3v) is 7.91. The van der Waals surface area contributed by atoms with Gasteiger partial charge in [0.25, 0.3) is 11.5 Å². The molecule has 0 unspecified atom stereocenters. The van der Waals surface area contributed by atoms with Crippen LogP contribution in [0, 0.1) is 0 Å². The summed E-state index contributed by atoms with van der Waals surface area (Å²) < 4.78 is 26.6. The molecular weight excluding hydrogens is 502 g/mol. The van der Waals surface area contributed by atoms with E-state index in [1.807, 2.05) is 26.0 Å². The number of pyridine rings is 1. The number of carbonyl (C=O) groups is 2. The van der Waals surface area contributed by atoms with E-state index in [9.17, 15) is 22.8 Å². The maximum atomic E-state index is 13.8. The smallest absolute Gasteiger partial charge is 0.268 e. The Hall–Kier alpha value is -3.98. The maximum absolute atomic E-state index is 13.8. The minimum Gasteiger partial charge on any atom is -0.347 e. The van der Waals surface area contributed by atoms with Crippen LogP contribution in [0.25, 0.3) is 10.9 Å². The van der Waals surface area contributed by atoms with Crippen molar-refractivity contribution < 1.29 is 18.0 Å². The second kappa shape index (κ2) is 10.8. The Balaban J connectivity index is 1.70. The van der Waals surface area contributed by atoms with Gasteiger partial charge in [0, 0.05) is 31.1 Å². The zero-order chi connectivity index (χ0) is 27.6. The lowest BCUT2D eigenvalue weighted by molar-refractivity contribution is 0.0940. The summed E-state index contributed by atoms with van der Waals surface area (Å²) in [6.07, 6.45) is 2.15. The van der Waals surface area contributed by atoms with Crippen molar-refractivity contribution in [2.75, 3.05) is 6.26 Å². The number of benzene rings is 2. The lowest BCUT2D eigenvalue weighted by Gasteiger charge is -2.12. The molecule has 0 aliphatic carbocycles. The third kappa shape index (κ3) is 5.19. The summed E-state index contributed by atoms with van der Waals surface area (Å²) in [7, 11) is -1.54. The summed E-state index contributed by atoms with van der Waals surface area (Å²) in [4.78, 5) is 40.2. The zero-order valence-electron chi connectivity index (χ0n) is 21.9. The van der Waals surface area contributed by atoms with Crippen LogP contribution in [0.3, 0.4) is 0 Å². The van der Waals surface area contributed by atoms with Crippen LogP contribution >= 0.6 is 0 Å². The number of fused-ring (bicyclic) bond motifs is 1. The molecule has 198 valence electrons. The van der Waals surface area contributed by atoms with Crippen LogP contribution in [0.15, 0.2) is 70.4 Å². The number of aryl methyl sites for hydroxylation is 3. The minimum atomic E-state index is -3.30. The van der Waals surface area contributed by atoms with Crippen LogP contribution in [-0.2, 0) is 42.8 Å². The minimum absolute atomic E-state index is 0.0784. The van der Waals surface area contributed by atoms with Gasteiger partial charge in [-0.1, -0.05) is 56.3 Å². The number of sulfone groups is 1. The predicted octanol–water partition coefficient (Wildman–Crippen LogP) is 3.68. The first-order chi connectivity index (χ1) is 18.1. The third-order valence-electron chi connectivity index (χ3n) is 6.78. The van der Waals surface area contributed by atoms with Gasteiger partial charge in [-0.05, 0) is 42.2 Å². The number of hydrogen-bond acceptors (Lipinski definition) is 5. The Bertz CT molecular complexity index is 1680. The van der Waals surface area contributed by atoms with Crippen molar-refractivity contribution in [2.24, 2.45) is 7.05 Å². The maximum Gasteiger partial charge on any atom is 0.268 e. The molecule has 0 spiro atoms. The number of ketones is 1. The SMILES string of the molecule is CCc1c(C(=O)NCc2ccc(S(C)(=O)=O)cc2)n(C)c2cc(CC)n(CC(=O)c3ccccc3)c(=O)c12. The molecule has 4 rings (SSSR count). The van der Waals surface area contributed by atoms with Gasteiger partial charge in [-0.2, -0.15) is 0 Å². The Morgan fingerprint density at radius 3 is 2.18 bits per heavy atom. The first-order valence-electron chi connectivity index (χ1n) is 12.5. The van der Waals surface area contributed by atoms with E-state index in [0.717, 1.165) is 11.8 Å². The molecule has 0 saturated heterocycles. The molecular formula is C29H31N3O5S. The molecule has 8 nitrogen and oxygen atoms in total. The summed E-state index contributed by atoms with van der Waals surface area (Å²) >= 11 is 0. The molecule has 9 heteroatoms. The monoisotopic (exact) mass is 533 g/mol. The van der Waals surface area contributed by atoms with E-state index in [-0.39, 0.29) is 35.2 Å². The number of nitrogens with zero attached hydrogens (tertiary/aromatic N) is 2. The van der Waals surface area contributed by atoms with E-state index >= 15 is 0 Å². The van der Waals surface area contributed by atoms with Crippen molar-refractivity contribution in [3.05, 3.63) is 99.1 Å². The summed E-state index contributed by atoms with van der Waals surface area (Å²) in [6.45, 7) is 3.94. The van der Waals surface area contributed by atoms with Gasteiger partial charge >= 0.3 is 0 Å². The first-order valence-corrected chi connectivity index (χ1v) is 14.3. The second-order valence-electron chi connectivity index (χ2n) is 9.27. The van der Waals surface area contributed by atoms with Gasteiger partial charge in [0.15, 0.2) is 15.6 Å². The molecule has 0 fully saturated rings. The number of amides is 1. The van der Waals surface area contributed by atoms with E-state index in [1.165, 1.54) is 16.7 Å². The van der Waals surface area contributed by atoms with Gasteiger partial charge in [0.05, 0.1) is 22.3 Å². The Labute approximate surface area is 221 Å². The number of Topliss-reactive ketones (excluding diaryl/α,β-unsaturated/α-hetero) is 1. The number of carbonyl (C=O) groups excluding carboxylic acids is 2. The largest absolute Gasteiger partial charge is 0.347 e. The quantitative estimate of drug-likeness (QED) is 0.330. The fourth-order valence-electron chi connectivity index (χ4n) is 4.75. The van der Waals surface area contributed by atoms with Crippen LogP contribution < -0.4 is 10.9 Å². The van der Waals surface area contributed by atoms with Crippen LogP contribution in [0.2, 0.25) is 0 Å². The van der Waals surface area contributed by atoms with Gasteiger partial charge in [-0.15, -0.1) is 0 Å². The van der Waals surface area contributed by atoms with E-state index in [2.05, 4.69) is 5.32 Å². The molecule has 2 aromatic carbocycles. The number of rotatable bonds is 9. The van der Waals surface area contributed by atoms with E-state index in [4.69, 9.17) is 0 Å². The van der Waals surface area contributed by atoms with Crippen molar-refractivity contribution in [2.45, 2.75) is 44.7 Å². The van der Waals surface area contributed by atoms with Crippen LogP contribution in [0.4, 0.5) is 0 Å². The van der Waals surface area contributed by atoms with Crippen molar-refractivity contribution in [3.8, 4) is 0 Å². The highest BCUT2D eigenvalue weighted by Crippen LogP contribution is 2.25. The highest BCUT2D eigenvalue weighted by Gasteiger charge is 2.24. The molecule has 0 radical (unpaired) electrons. The van der Waals surface area contributed by atoms with Crippen LogP contribution in [0.5, 0.6) is 0 Å². The Morgan fingerprint density at radius 1 is 0.947 bits per heavy atom. The Kier molecular flexibility index (Phi) is 7.68. The molecule has 0 aliphatic heterocycles. The van der Waals surface area contributed by atoms with Crippen molar-refractivity contribution in [1.82, 2.24) is 14.5 Å². The topological polar surface area (TPSA) is 107 Å². The van der Waals surface area contributed by atoms with Gasteiger partial charge in [-0.25, -0.2) is 8.42 Å². The van der Waals surface area contributed by atoms with Gasteiger partial charge in [0.1, 0.15) is 5.69 Å². The highest BCUT2D eigenvalue weighted by molar-refractivity contribution is 7.90. The lowest BCUT2D eigenvalue weighted by atomic mass is 10.1.